The molecule has 8 heteroatoms. The van der Waals surface area contributed by atoms with E-state index in [-0.39, 0.29) is 11.1 Å². The first-order chi connectivity index (χ1) is 12.5. The Balaban J connectivity index is 2.23. The number of anilines is 1. The van der Waals surface area contributed by atoms with E-state index in [2.05, 4.69) is 26.1 Å². The highest BCUT2D eigenvalue weighted by molar-refractivity contribution is 5.96. The van der Waals surface area contributed by atoms with E-state index >= 15 is 0 Å². The van der Waals surface area contributed by atoms with Crippen LogP contribution in [0.2, 0.25) is 0 Å². The van der Waals surface area contributed by atoms with Crippen LogP contribution in [-0.4, -0.2) is 15.8 Å². The first kappa shape index (κ1) is 20.0. The maximum atomic E-state index is 12.5. The molecular weight excluding hydrogens is 350 g/mol. The van der Waals surface area contributed by atoms with Gasteiger partial charge < -0.3 is 5.32 Å². The zero-order valence-corrected chi connectivity index (χ0v) is 15.6. The zero-order chi connectivity index (χ0) is 20.4. The smallest absolute Gasteiger partial charge is 0.278 e. The summed E-state index contributed by atoms with van der Waals surface area (Å²) in [6.45, 7) is 7.97. The number of hydrogen-bond donors (Lipinski definition) is 1. The summed E-state index contributed by atoms with van der Waals surface area (Å²) in [7, 11) is 0. The number of carbonyl (C=O) groups is 1. The van der Waals surface area contributed by atoms with Gasteiger partial charge in [0, 0.05) is 12.1 Å². The molecule has 0 fully saturated rings. The minimum Gasteiger partial charge on any atom is -0.325 e. The van der Waals surface area contributed by atoms with Crippen LogP contribution in [0.25, 0.3) is 0 Å². The van der Waals surface area contributed by atoms with Gasteiger partial charge in [-0.25, -0.2) is 0 Å². The van der Waals surface area contributed by atoms with Crippen molar-refractivity contribution >= 4 is 23.0 Å². The van der Waals surface area contributed by atoms with E-state index < -0.39 is 33.0 Å². The Labute approximate surface area is 156 Å². The summed E-state index contributed by atoms with van der Waals surface area (Å²) < 4.78 is 0. The number of amides is 1. The van der Waals surface area contributed by atoms with Crippen molar-refractivity contribution in [2.45, 2.75) is 39.0 Å². The summed E-state index contributed by atoms with van der Waals surface area (Å²) in [6.07, 6.45) is 0. The Morgan fingerprint density at radius 2 is 1.44 bits per heavy atom. The quantitative estimate of drug-likeness (QED) is 0.612. The van der Waals surface area contributed by atoms with Crippen LogP contribution in [0.5, 0.6) is 0 Å². The van der Waals surface area contributed by atoms with Crippen molar-refractivity contribution < 1.29 is 14.6 Å². The number of rotatable bonds is 5. The van der Waals surface area contributed by atoms with Gasteiger partial charge in [-0.05, 0) is 23.5 Å². The Morgan fingerprint density at radius 1 is 0.963 bits per heavy atom. The van der Waals surface area contributed by atoms with Gasteiger partial charge >= 0.3 is 0 Å². The van der Waals surface area contributed by atoms with Gasteiger partial charge in [-0.15, -0.1) is 0 Å². The molecule has 27 heavy (non-hydrogen) atoms. The molecule has 1 N–H and O–H groups in total. The molecule has 8 nitrogen and oxygen atoms in total. The largest absolute Gasteiger partial charge is 0.325 e. The fraction of sp³-hybridized carbons (Fsp3) is 0.316. The summed E-state index contributed by atoms with van der Waals surface area (Å²) in [5, 5.41) is 24.4. The van der Waals surface area contributed by atoms with Crippen LogP contribution in [0.4, 0.5) is 17.1 Å². The molecule has 0 aliphatic carbocycles. The molecule has 2 aromatic carbocycles. The Morgan fingerprint density at radius 3 is 1.85 bits per heavy atom. The van der Waals surface area contributed by atoms with Crippen molar-refractivity contribution in [1.29, 1.82) is 0 Å². The molecule has 0 saturated carbocycles. The van der Waals surface area contributed by atoms with Gasteiger partial charge in [-0.3, -0.25) is 25.0 Å². The third kappa shape index (κ3) is 4.87. The van der Waals surface area contributed by atoms with E-state index in [0.29, 0.717) is 0 Å². The zero-order valence-electron chi connectivity index (χ0n) is 15.6. The van der Waals surface area contributed by atoms with Crippen molar-refractivity contribution in [2.24, 2.45) is 0 Å². The normalized spacial score (nSPS) is 12.3. The number of carbonyl (C=O) groups excluding carboxylic acids is 1. The average molecular weight is 371 g/mol. The lowest BCUT2D eigenvalue weighted by molar-refractivity contribution is -0.394. The summed E-state index contributed by atoms with van der Waals surface area (Å²) in [5.41, 5.74) is 1.00. The summed E-state index contributed by atoms with van der Waals surface area (Å²) in [5.74, 6) is -0.939. The highest BCUT2D eigenvalue weighted by Crippen LogP contribution is 2.28. The highest BCUT2D eigenvalue weighted by atomic mass is 16.6. The van der Waals surface area contributed by atoms with Crippen LogP contribution in [-0.2, 0) is 10.2 Å². The lowest BCUT2D eigenvalue weighted by Gasteiger charge is -2.20. The minimum atomic E-state index is -0.739. The van der Waals surface area contributed by atoms with E-state index in [1.165, 1.54) is 0 Å². The van der Waals surface area contributed by atoms with Gasteiger partial charge in [0.1, 0.15) is 0 Å². The third-order valence-corrected chi connectivity index (χ3v) is 4.26. The van der Waals surface area contributed by atoms with Gasteiger partial charge in [0.25, 0.3) is 11.4 Å². The molecule has 142 valence electrons. The molecule has 1 unspecified atom stereocenters. The monoisotopic (exact) mass is 371 g/mol. The van der Waals surface area contributed by atoms with Gasteiger partial charge in [0.05, 0.1) is 27.5 Å². The van der Waals surface area contributed by atoms with Crippen molar-refractivity contribution in [3.63, 3.8) is 0 Å². The maximum Gasteiger partial charge on any atom is 0.278 e. The molecule has 0 bridgehead atoms. The third-order valence-electron chi connectivity index (χ3n) is 4.26. The Hall–Kier alpha value is -3.29. The lowest BCUT2D eigenvalue weighted by Crippen LogP contribution is -2.19. The molecule has 2 aromatic rings. The molecular formula is C19H21N3O5. The second-order valence-corrected chi connectivity index (χ2v) is 7.34. The average Bonchev–Trinajstić information content (AvgIpc) is 2.60. The van der Waals surface area contributed by atoms with E-state index in [4.69, 9.17) is 0 Å². The molecule has 0 aliphatic heterocycles. The molecule has 0 aromatic heterocycles. The molecule has 0 saturated heterocycles. The van der Waals surface area contributed by atoms with Crippen LogP contribution in [0.1, 0.15) is 44.7 Å². The highest BCUT2D eigenvalue weighted by Gasteiger charge is 2.21. The summed E-state index contributed by atoms with van der Waals surface area (Å²) in [4.78, 5) is 32.9. The number of non-ortho nitro benzene ring substituents is 2. The van der Waals surface area contributed by atoms with E-state index in [1.807, 2.05) is 24.3 Å². The van der Waals surface area contributed by atoms with Crippen LogP contribution in [0, 0.1) is 20.2 Å². The van der Waals surface area contributed by atoms with E-state index in [0.717, 1.165) is 29.3 Å². The Kier molecular flexibility index (Phi) is 5.58. The van der Waals surface area contributed by atoms with Crippen molar-refractivity contribution in [3.8, 4) is 0 Å². The van der Waals surface area contributed by atoms with Crippen molar-refractivity contribution in [1.82, 2.24) is 0 Å². The molecule has 1 atom stereocenters. The second-order valence-electron chi connectivity index (χ2n) is 7.34. The van der Waals surface area contributed by atoms with Crippen LogP contribution >= 0.6 is 0 Å². The van der Waals surface area contributed by atoms with Crippen LogP contribution in [0.15, 0.2) is 42.5 Å². The van der Waals surface area contributed by atoms with Gasteiger partial charge in [0.15, 0.2) is 0 Å². The number of nitro benzene ring substituents is 2. The van der Waals surface area contributed by atoms with Gasteiger partial charge in [-0.1, -0.05) is 45.0 Å². The first-order valence-electron chi connectivity index (χ1n) is 8.34. The predicted molar refractivity (Wildman–Crippen MR) is 102 cm³/mol. The molecule has 2 rings (SSSR count). The van der Waals surface area contributed by atoms with Crippen molar-refractivity contribution in [2.75, 3.05) is 5.32 Å². The van der Waals surface area contributed by atoms with Crippen LogP contribution < -0.4 is 5.32 Å². The molecule has 0 heterocycles. The SMILES string of the molecule is CC(C(=O)Nc1cc([N+](=O)[O-])cc([N+](=O)[O-])c1)c1ccc(C(C)(C)C)cc1. The number of nitro groups is 2. The number of hydrogen-bond acceptors (Lipinski definition) is 5. The summed E-state index contributed by atoms with van der Waals surface area (Å²) >= 11 is 0. The van der Waals surface area contributed by atoms with Gasteiger partial charge in [0.2, 0.25) is 5.91 Å². The van der Waals surface area contributed by atoms with E-state index in [1.54, 1.807) is 6.92 Å². The van der Waals surface area contributed by atoms with E-state index in [9.17, 15) is 25.0 Å². The number of nitrogens with one attached hydrogen (secondary N) is 1. The fourth-order valence-corrected chi connectivity index (χ4v) is 2.55. The standard InChI is InChI=1S/C19H21N3O5/c1-12(13-5-7-14(8-6-13)19(2,3)4)18(23)20-15-9-16(21(24)25)11-17(10-15)22(26)27/h5-12H,1-4H3,(H,20,23). The molecule has 1 amide bonds. The first-order valence-corrected chi connectivity index (χ1v) is 8.34. The van der Waals surface area contributed by atoms with Crippen molar-refractivity contribution in [3.05, 3.63) is 73.8 Å². The van der Waals surface area contributed by atoms with Crippen LogP contribution in [0.3, 0.4) is 0 Å². The Bertz CT molecular complexity index is 853. The molecule has 0 aliphatic rings. The van der Waals surface area contributed by atoms with Gasteiger partial charge in [-0.2, -0.15) is 0 Å². The molecule has 0 radical (unpaired) electrons. The summed E-state index contributed by atoms with van der Waals surface area (Å²) in [6, 6.07) is 10.7. The fourth-order valence-electron chi connectivity index (χ4n) is 2.55. The topological polar surface area (TPSA) is 115 Å². The molecule has 0 spiro atoms. The lowest BCUT2D eigenvalue weighted by atomic mass is 9.85. The second kappa shape index (κ2) is 7.53. The number of benzene rings is 2. The maximum absolute atomic E-state index is 12.5. The predicted octanol–water partition coefficient (Wildman–Crippen LogP) is 4.54. The minimum absolute atomic E-state index is 0.00800. The number of nitrogens with zero attached hydrogens (tertiary/aromatic N) is 2.